The van der Waals surface area contributed by atoms with Gasteiger partial charge in [-0.1, -0.05) is 72.8 Å². The van der Waals surface area contributed by atoms with Crippen LogP contribution in [-0.2, 0) is 21.2 Å². The van der Waals surface area contributed by atoms with Gasteiger partial charge in [0.2, 0.25) is 10.0 Å². The molecule has 3 aromatic rings. The van der Waals surface area contributed by atoms with Gasteiger partial charge in [0, 0.05) is 6.08 Å². The van der Waals surface area contributed by atoms with E-state index in [1.165, 1.54) is 23.7 Å². The highest BCUT2D eigenvalue weighted by Crippen LogP contribution is 2.22. The number of hydrogen-bond donors (Lipinski definition) is 3. The first-order chi connectivity index (χ1) is 14.5. The number of nitrogens with one attached hydrogen (secondary N) is 2. The molecular formula is C23H22N2O4S. The van der Waals surface area contributed by atoms with Crippen LogP contribution in [0.1, 0.15) is 22.7 Å². The summed E-state index contributed by atoms with van der Waals surface area (Å²) in [6.45, 7) is 0. The van der Waals surface area contributed by atoms with E-state index in [1.54, 1.807) is 12.1 Å². The van der Waals surface area contributed by atoms with E-state index in [0.29, 0.717) is 12.0 Å². The van der Waals surface area contributed by atoms with Crippen molar-refractivity contribution in [1.82, 2.24) is 10.2 Å². The Morgan fingerprint density at radius 2 is 1.60 bits per heavy atom. The molecule has 1 amide bonds. The van der Waals surface area contributed by atoms with Crippen molar-refractivity contribution in [2.75, 3.05) is 0 Å². The van der Waals surface area contributed by atoms with Gasteiger partial charge in [0.25, 0.3) is 5.91 Å². The van der Waals surface area contributed by atoms with Crippen LogP contribution in [0.4, 0.5) is 0 Å². The lowest BCUT2D eigenvalue weighted by atomic mass is 10.00. The van der Waals surface area contributed by atoms with E-state index < -0.39 is 22.0 Å². The first-order valence-electron chi connectivity index (χ1n) is 9.31. The van der Waals surface area contributed by atoms with Crippen molar-refractivity contribution in [3.63, 3.8) is 0 Å². The van der Waals surface area contributed by atoms with Crippen LogP contribution in [0.25, 0.3) is 6.08 Å². The Kier molecular flexibility index (Phi) is 7.13. The Balaban J connectivity index is 1.88. The third-order valence-electron chi connectivity index (χ3n) is 4.49. The molecular weight excluding hydrogens is 400 g/mol. The first kappa shape index (κ1) is 21.4. The van der Waals surface area contributed by atoms with Gasteiger partial charge in [-0.25, -0.2) is 18.6 Å². The summed E-state index contributed by atoms with van der Waals surface area (Å²) in [6.07, 6.45) is 3.03. The maximum absolute atomic E-state index is 13.1. The molecule has 0 radical (unpaired) electrons. The fraction of sp³-hybridized carbons (Fsp3) is 0.0870. The molecule has 154 valence electrons. The summed E-state index contributed by atoms with van der Waals surface area (Å²) in [4.78, 5) is 11.3. The zero-order chi connectivity index (χ0) is 21.4. The zero-order valence-electron chi connectivity index (χ0n) is 16.1. The van der Waals surface area contributed by atoms with E-state index in [-0.39, 0.29) is 4.90 Å². The van der Waals surface area contributed by atoms with E-state index in [9.17, 15) is 13.2 Å². The molecule has 0 aliphatic carbocycles. The van der Waals surface area contributed by atoms with Crippen LogP contribution < -0.4 is 10.2 Å². The Bertz CT molecular complexity index is 1110. The fourth-order valence-corrected chi connectivity index (χ4v) is 4.29. The summed E-state index contributed by atoms with van der Waals surface area (Å²) in [5.41, 5.74) is 3.88. The summed E-state index contributed by atoms with van der Waals surface area (Å²) < 4.78 is 29.0. The van der Waals surface area contributed by atoms with Crippen molar-refractivity contribution in [3.05, 3.63) is 108 Å². The van der Waals surface area contributed by atoms with E-state index in [2.05, 4.69) is 4.72 Å². The van der Waals surface area contributed by atoms with Gasteiger partial charge in [0.15, 0.2) is 0 Å². The Morgan fingerprint density at radius 1 is 0.933 bits per heavy atom. The van der Waals surface area contributed by atoms with Gasteiger partial charge in [-0.15, -0.1) is 0 Å². The van der Waals surface area contributed by atoms with Crippen molar-refractivity contribution in [1.29, 1.82) is 0 Å². The molecule has 0 aliphatic rings. The van der Waals surface area contributed by atoms with Gasteiger partial charge in [-0.2, -0.15) is 0 Å². The molecule has 0 aliphatic heterocycles. The van der Waals surface area contributed by atoms with Gasteiger partial charge in [0.1, 0.15) is 0 Å². The lowest BCUT2D eigenvalue weighted by molar-refractivity contribution is -0.124. The lowest BCUT2D eigenvalue weighted by Gasteiger charge is -2.20. The number of rotatable bonds is 8. The van der Waals surface area contributed by atoms with Crippen LogP contribution in [0.2, 0.25) is 0 Å². The summed E-state index contributed by atoms with van der Waals surface area (Å²) in [6, 6.07) is 24.9. The first-order valence-corrected chi connectivity index (χ1v) is 10.8. The van der Waals surface area contributed by atoms with E-state index >= 15 is 0 Å². The number of amides is 1. The van der Waals surface area contributed by atoms with Gasteiger partial charge in [-0.05, 0) is 41.3 Å². The summed E-state index contributed by atoms with van der Waals surface area (Å²) in [7, 11) is -3.83. The molecule has 3 rings (SSSR count). The third-order valence-corrected chi connectivity index (χ3v) is 5.96. The number of sulfonamides is 1. The molecule has 0 spiro atoms. The van der Waals surface area contributed by atoms with Crippen molar-refractivity contribution >= 4 is 22.0 Å². The Morgan fingerprint density at radius 3 is 2.27 bits per heavy atom. The Hall–Kier alpha value is -3.26. The Labute approximate surface area is 175 Å². The van der Waals surface area contributed by atoms with Gasteiger partial charge in [-0.3, -0.25) is 10.0 Å². The third kappa shape index (κ3) is 5.87. The minimum atomic E-state index is -3.83. The highest BCUT2D eigenvalue weighted by molar-refractivity contribution is 7.89. The average molecular weight is 423 g/mol. The van der Waals surface area contributed by atoms with Gasteiger partial charge in [0.05, 0.1) is 10.9 Å². The molecule has 0 aromatic heterocycles. The average Bonchev–Trinajstić information content (AvgIpc) is 2.78. The second-order valence-electron chi connectivity index (χ2n) is 6.66. The molecule has 3 aromatic carbocycles. The van der Waals surface area contributed by atoms with Crippen LogP contribution in [0.15, 0.2) is 95.9 Å². The van der Waals surface area contributed by atoms with Gasteiger partial charge < -0.3 is 0 Å². The van der Waals surface area contributed by atoms with Crippen LogP contribution >= 0.6 is 0 Å². The highest BCUT2D eigenvalue weighted by Gasteiger charge is 2.22. The second-order valence-corrected chi connectivity index (χ2v) is 8.37. The summed E-state index contributed by atoms with van der Waals surface area (Å²) >= 11 is 0. The number of carbonyl (C=O) groups excluding carboxylic acids is 1. The normalized spacial score (nSPS) is 12.6. The number of carbonyl (C=O) groups is 1. The van der Waals surface area contributed by atoms with Crippen LogP contribution in [-0.4, -0.2) is 19.5 Å². The molecule has 7 heteroatoms. The molecule has 3 N–H and O–H groups in total. The number of benzene rings is 3. The topological polar surface area (TPSA) is 95.5 Å². The molecule has 30 heavy (non-hydrogen) atoms. The molecule has 0 saturated heterocycles. The van der Waals surface area contributed by atoms with Crippen LogP contribution in [0.5, 0.6) is 0 Å². The van der Waals surface area contributed by atoms with Crippen molar-refractivity contribution in [2.24, 2.45) is 0 Å². The molecule has 0 fully saturated rings. The molecule has 0 bridgehead atoms. The summed E-state index contributed by atoms with van der Waals surface area (Å²) in [5, 5.41) is 8.57. The van der Waals surface area contributed by atoms with E-state index in [4.69, 9.17) is 5.21 Å². The molecule has 0 heterocycles. The largest absolute Gasteiger partial charge is 0.288 e. The van der Waals surface area contributed by atoms with Crippen LogP contribution in [0, 0.1) is 0 Å². The van der Waals surface area contributed by atoms with Gasteiger partial charge >= 0.3 is 0 Å². The maximum atomic E-state index is 13.1. The second kappa shape index (κ2) is 9.98. The lowest BCUT2D eigenvalue weighted by Crippen LogP contribution is -2.30. The van der Waals surface area contributed by atoms with Crippen molar-refractivity contribution in [3.8, 4) is 0 Å². The molecule has 0 saturated carbocycles. The minimum absolute atomic E-state index is 0.0862. The number of hydroxylamine groups is 1. The van der Waals surface area contributed by atoms with E-state index in [0.717, 1.165) is 17.2 Å². The van der Waals surface area contributed by atoms with Crippen molar-refractivity contribution in [2.45, 2.75) is 17.4 Å². The SMILES string of the molecule is O=C(/C=C/c1cccc(S(=O)(=O)NC(Cc2ccccc2)c2ccccc2)c1)NO. The quantitative estimate of drug-likeness (QED) is 0.294. The standard InChI is InChI=1S/C23H22N2O4S/c26-23(24-27)15-14-19-10-7-13-21(16-19)30(28,29)25-22(20-11-5-2-6-12-20)17-18-8-3-1-4-9-18/h1-16,22,25,27H,17H2,(H,24,26)/b15-14+. The smallest absolute Gasteiger partial charge is 0.267 e. The van der Waals surface area contributed by atoms with E-state index in [1.807, 2.05) is 60.7 Å². The minimum Gasteiger partial charge on any atom is -0.288 e. The highest BCUT2D eigenvalue weighted by atomic mass is 32.2. The molecule has 6 nitrogen and oxygen atoms in total. The molecule has 1 atom stereocenters. The maximum Gasteiger partial charge on any atom is 0.267 e. The predicted molar refractivity (Wildman–Crippen MR) is 115 cm³/mol. The zero-order valence-corrected chi connectivity index (χ0v) is 16.9. The fourth-order valence-electron chi connectivity index (χ4n) is 3.01. The number of hydrogen-bond acceptors (Lipinski definition) is 4. The summed E-state index contributed by atoms with van der Waals surface area (Å²) in [5.74, 6) is -0.701. The van der Waals surface area contributed by atoms with Crippen LogP contribution in [0.3, 0.4) is 0 Å². The van der Waals surface area contributed by atoms with Crippen molar-refractivity contribution < 1.29 is 18.4 Å². The monoisotopic (exact) mass is 422 g/mol. The molecule has 1 unspecified atom stereocenters. The predicted octanol–water partition coefficient (Wildman–Crippen LogP) is 3.47.